The number of aromatic hydroxyl groups is 1. The van der Waals surface area contributed by atoms with Crippen molar-refractivity contribution in [2.24, 2.45) is 17.8 Å². The van der Waals surface area contributed by atoms with Crippen molar-refractivity contribution in [3.8, 4) is 11.5 Å². The summed E-state index contributed by atoms with van der Waals surface area (Å²) >= 11 is 0. The van der Waals surface area contributed by atoms with E-state index in [0.717, 1.165) is 19.8 Å². The molecule has 5 aromatic rings. The Morgan fingerprint density at radius 2 is 1.20 bits per heavy atom. The zero-order valence-corrected chi connectivity index (χ0v) is 47.3. The maximum Gasteiger partial charge on any atom is 0.396 e. The highest BCUT2D eigenvalue weighted by Crippen LogP contribution is 2.55. The molecule has 2 bridgehead atoms. The molecule has 1 aliphatic heterocycles. The second kappa shape index (κ2) is 30.3. The summed E-state index contributed by atoms with van der Waals surface area (Å²) in [5.74, 6) is -10.2. The number of ether oxygens (including phenoxy) is 6. The van der Waals surface area contributed by atoms with Crippen LogP contribution in [0.25, 0.3) is 6.08 Å². The fourth-order valence-electron chi connectivity index (χ4n) is 8.02. The highest BCUT2D eigenvalue weighted by Gasteiger charge is 2.63. The normalized spacial score (nSPS) is 18.0. The smallest absolute Gasteiger partial charge is 0.396 e. The zero-order valence-electron chi connectivity index (χ0n) is 45.7. The van der Waals surface area contributed by atoms with Gasteiger partial charge in [-0.1, -0.05) is 117 Å². The molecule has 0 amide bonds. The SMILES string of the molecule is C=C(C)C(=O)OC(C)(OCCC(F)(F)C(F)(F)S(=O)(=O)[O-])C(=O)OCC.C=C(C)C(=O)OC1C2CC3C(=O)OC1C3C2.C=C(C)C(=O)Oc1ccc(O)cc1.C=Cc1ccccc1.c1ccc([S+](c2ccccc2)c2ccccc2)cc1. The largest absolute Gasteiger partial charge is 0.743 e. The molecule has 2 saturated carbocycles. The number of benzene rings is 5. The number of halogens is 4. The van der Waals surface area contributed by atoms with Gasteiger partial charge in [0.1, 0.15) is 23.7 Å². The van der Waals surface area contributed by atoms with E-state index in [2.05, 4.69) is 132 Å². The molecular weight excluding hydrogens is 1110 g/mol. The lowest BCUT2D eigenvalue weighted by atomic mass is 9.88. The van der Waals surface area contributed by atoms with Gasteiger partial charge in [0.2, 0.25) is 0 Å². The summed E-state index contributed by atoms with van der Waals surface area (Å²) in [5, 5.41) is 3.04. The molecule has 6 atom stereocenters. The average molecular weight is 1180 g/mol. The third kappa shape index (κ3) is 18.6. The van der Waals surface area contributed by atoms with E-state index < -0.39 is 58.0 Å². The zero-order chi connectivity index (χ0) is 61.0. The molecular formula is C61H64F4O15S2. The first-order valence-corrected chi connectivity index (χ1v) is 27.9. The third-order valence-corrected chi connectivity index (χ3v) is 15.3. The number of phenolic OH excluding ortho intramolecular Hbond substituents is 1. The first-order chi connectivity index (χ1) is 38.6. The molecule has 3 fully saturated rings. The molecule has 2 aliphatic carbocycles. The number of rotatable bonds is 18. The summed E-state index contributed by atoms with van der Waals surface area (Å²) in [5.41, 5.74) is 1.71. The Balaban J connectivity index is 0.000000229. The fraction of sp³-hybridized carbons (Fsp3) is 0.295. The van der Waals surface area contributed by atoms with Gasteiger partial charge >= 0.3 is 46.8 Å². The van der Waals surface area contributed by atoms with Gasteiger partial charge in [0, 0.05) is 41.9 Å². The minimum Gasteiger partial charge on any atom is -0.743 e. The molecule has 1 saturated heterocycles. The Kier molecular flexibility index (Phi) is 24.6. The second-order valence-electron chi connectivity index (χ2n) is 18.7. The number of hydrogen-bond acceptors (Lipinski definition) is 15. The molecule has 5 aromatic carbocycles. The van der Waals surface area contributed by atoms with E-state index in [-0.39, 0.29) is 64.8 Å². The lowest BCUT2D eigenvalue weighted by Crippen LogP contribution is -2.49. The average Bonchev–Trinajstić information content (AvgIpc) is 3.85. The highest BCUT2D eigenvalue weighted by atomic mass is 32.2. The van der Waals surface area contributed by atoms with Gasteiger partial charge in [0.15, 0.2) is 24.8 Å². The van der Waals surface area contributed by atoms with Crippen LogP contribution < -0.4 is 4.74 Å². The number of carbonyl (C=O) groups excluding carboxylic acids is 5. The van der Waals surface area contributed by atoms with Gasteiger partial charge in [-0.25, -0.2) is 27.6 Å². The Morgan fingerprint density at radius 1 is 0.732 bits per heavy atom. The van der Waals surface area contributed by atoms with E-state index in [1.165, 1.54) is 58.4 Å². The first kappa shape index (κ1) is 66.7. The molecule has 0 aromatic heterocycles. The van der Waals surface area contributed by atoms with Crippen LogP contribution in [0.15, 0.2) is 203 Å². The summed E-state index contributed by atoms with van der Waals surface area (Å²) in [4.78, 5) is 61.4. The van der Waals surface area contributed by atoms with Gasteiger partial charge in [-0.2, -0.15) is 17.6 Å². The molecule has 3 aliphatic rings. The molecule has 6 unspecified atom stereocenters. The van der Waals surface area contributed by atoms with E-state index in [9.17, 15) is 54.5 Å². The topological polar surface area (TPSA) is 218 Å². The summed E-state index contributed by atoms with van der Waals surface area (Å²) in [6.45, 7) is 18.8. The summed E-state index contributed by atoms with van der Waals surface area (Å²) in [6.07, 6.45) is 1.20. The van der Waals surface area contributed by atoms with Crippen LogP contribution in [0, 0.1) is 17.8 Å². The number of phenols is 1. The Labute approximate surface area is 477 Å². The highest BCUT2D eigenvalue weighted by molar-refractivity contribution is 7.97. The van der Waals surface area contributed by atoms with Crippen molar-refractivity contribution < 1.29 is 88.0 Å². The van der Waals surface area contributed by atoms with Crippen LogP contribution in [0.3, 0.4) is 0 Å². The van der Waals surface area contributed by atoms with Crippen LogP contribution in [0.4, 0.5) is 17.6 Å². The molecule has 21 heteroatoms. The van der Waals surface area contributed by atoms with Gasteiger partial charge < -0.3 is 38.1 Å². The lowest BCUT2D eigenvalue weighted by Gasteiger charge is -2.30. The Morgan fingerprint density at radius 3 is 1.61 bits per heavy atom. The van der Waals surface area contributed by atoms with Crippen LogP contribution in [0.1, 0.15) is 59.4 Å². The van der Waals surface area contributed by atoms with Crippen LogP contribution in [0.2, 0.25) is 0 Å². The number of fused-ring (bicyclic) bond motifs is 1. The molecule has 82 heavy (non-hydrogen) atoms. The molecule has 8 rings (SSSR count). The molecule has 1 N–H and O–H groups in total. The van der Waals surface area contributed by atoms with E-state index in [0.29, 0.717) is 22.8 Å². The quantitative estimate of drug-likeness (QED) is 0.0126. The maximum atomic E-state index is 13.4. The van der Waals surface area contributed by atoms with Gasteiger partial charge in [0.25, 0.3) is 0 Å². The number of hydrogen-bond donors (Lipinski definition) is 1. The van der Waals surface area contributed by atoms with Gasteiger partial charge in [0.05, 0.1) is 30.0 Å². The van der Waals surface area contributed by atoms with E-state index in [4.69, 9.17) is 19.3 Å². The molecule has 1 heterocycles. The van der Waals surface area contributed by atoms with E-state index >= 15 is 0 Å². The minimum absolute atomic E-state index is 0.0146. The van der Waals surface area contributed by atoms with Crippen molar-refractivity contribution in [3.05, 3.63) is 194 Å². The van der Waals surface area contributed by atoms with Crippen molar-refractivity contribution in [2.75, 3.05) is 13.2 Å². The molecule has 0 radical (unpaired) electrons. The van der Waals surface area contributed by atoms with Crippen molar-refractivity contribution in [1.29, 1.82) is 0 Å². The number of alkyl halides is 4. The van der Waals surface area contributed by atoms with Gasteiger partial charge in [-0.3, -0.25) is 4.79 Å². The standard InChI is InChI=1S/C18H15S.C13H18F4O8S.C12H14O4.C10H10O3.C8H8/c1-4-10-16(11-5-1)19(17-12-6-2-7-13-17)18-14-8-3-9-15-18;1-5-23-10(19)11(4,25-9(18)8(2)3)24-7-6-12(14,15)13(16,17)26(20,21)22;1-5(2)11(13)15-9-6-3-7-8(4-6)12(14)16-10(7)9;1-7(2)10(12)13-9-5-3-8(11)4-6-9;1-2-8-6-4-3-5-7-8/h1-15H;2,5-7H2,1,3-4H3,(H,20,21,22);6-10H,1,3-4H2,2H3;3-6,11H,1H2,2H3;2-7H,1H2/q+1;;;;/p-1. The Bertz CT molecular complexity index is 3020. The van der Waals surface area contributed by atoms with Crippen LogP contribution in [-0.2, 0) is 68.7 Å². The summed E-state index contributed by atoms with van der Waals surface area (Å²) < 4.78 is 113. The van der Waals surface area contributed by atoms with Crippen molar-refractivity contribution in [1.82, 2.24) is 0 Å². The number of carbonyl (C=O) groups is 5. The maximum absolute atomic E-state index is 13.4. The first-order valence-electron chi connectivity index (χ1n) is 25.3. The summed E-state index contributed by atoms with van der Waals surface area (Å²) in [7, 11) is -6.67. The number of esters is 5. The van der Waals surface area contributed by atoms with Crippen molar-refractivity contribution >= 4 is 56.9 Å². The third-order valence-electron chi connectivity index (χ3n) is 12.2. The molecule has 438 valence electrons. The molecule has 15 nitrogen and oxygen atoms in total. The van der Waals surface area contributed by atoms with E-state index in [1.54, 1.807) is 13.8 Å². The van der Waals surface area contributed by atoms with Crippen LogP contribution in [0.5, 0.6) is 11.5 Å². The predicted octanol–water partition coefficient (Wildman–Crippen LogP) is 11.6. The minimum atomic E-state index is -6.66. The second-order valence-corrected chi connectivity index (χ2v) is 22.1. The van der Waals surface area contributed by atoms with Gasteiger partial charge in [-0.05, 0) is 107 Å². The summed E-state index contributed by atoms with van der Waals surface area (Å²) in [6, 6.07) is 48.1. The lowest BCUT2D eigenvalue weighted by molar-refractivity contribution is -0.243. The molecule has 0 spiro atoms. The monoisotopic (exact) mass is 1180 g/mol. The van der Waals surface area contributed by atoms with E-state index in [1.807, 2.05) is 36.4 Å². The van der Waals surface area contributed by atoms with Crippen LogP contribution in [-0.4, -0.2) is 90.3 Å². The fourth-order valence-corrected chi connectivity index (χ4v) is 10.6. The Hall–Kier alpha value is -7.85. The van der Waals surface area contributed by atoms with Crippen molar-refractivity contribution in [3.63, 3.8) is 0 Å². The van der Waals surface area contributed by atoms with Crippen molar-refractivity contribution in [2.45, 2.75) is 97.7 Å². The van der Waals surface area contributed by atoms with Crippen LogP contribution >= 0.6 is 0 Å². The van der Waals surface area contributed by atoms with Gasteiger partial charge in [-0.15, -0.1) is 0 Å². The predicted molar refractivity (Wildman–Crippen MR) is 297 cm³/mol.